The minimum atomic E-state index is -0.308. The highest BCUT2D eigenvalue weighted by molar-refractivity contribution is 6.03. The van der Waals surface area contributed by atoms with Crippen molar-refractivity contribution in [3.63, 3.8) is 0 Å². The van der Waals surface area contributed by atoms with E-state index in [9.17, 15) is 15.2 Å². The molecule has 0 unspecified atom stereocenters. The van der Waals surface area contributed by atoms with Gasteiger partial charge < -0.3 is 4.98 Å². The quantitative estimate of drug-likeness (QED) is 0.468. The summed E-state index contributed by atoms with van der Waals surface area (Å²) in [5.74, 6) is 0.527. The summed E-state index contributed by atoms with van der Waals surface area (Å²) in [5.41, 5.74) is 1.17. The molecule has 3 N–H and O–H groups in total. The molecule has 7 nitrogen and oxygen atoms in total. The van der Waals surface area contributed by atoms with Crippen LogP contribution in [-0.2, 0) is 0 Å². The molecule has 1 aliphatic rings. The fourth-order valence-electron chi connectivity index (χ4n) is 3.28. The molecule has 0 atom stereocenters. The zero-order chi connectivity index (χ0) is 16.9. The molecule has 1 saturated heterocycles. The Hall–Kier alpha value is -2.32. The molecule has 0 amide bonds. The number of piperazine rings is 1. The number of benzene rings is 1. The number of nitrogens with zero attached hydrogens (tertiary/aromatic N) is 3. The van der Waals surface area contributed by atoms with Crippen molar-refractivity contribution in [2.24, 2.45) is 0 Å². The Morgan fingerprint density at radius 2 is 1.67 bits per heavy atom. The maximum atomic E-state index is 12.1. The molecule has 0 spiro atoms. The second-order valence-electron chi connectivity index (χ2n) is 6.72. The summed E-state index contributed by atoms with van der Waals surface area (Å²) >= 11 is 0. The lowest BCUT2D eigenvalue weighted by molar-refractivity contribution is -1.09. The minimum Gasteiger partial charge on any atom is -0.320 e. The highest BCUT2D eigenvalue weighted by Gasteiger charge is 2.42. The average molecular weight is 328 g/mol. The lowest BCUT2D eigenvalue weighted by atomic mass is 10.1. The first kappa shape index (κ1) is 15.2. The number of aromatic amines is 1. The van der Waals surface area contributed by atoms with Gasteiger partial charge in [0.15, 0.2) is 26.2 Å². The SMILES string of the molecule is C[N+]1(O)CC[N+](O)(c2ccc3[nH]c(=O)c4ccccc4c3n2)CC1. The molecule has 3 heterocycles. The first-order valence-corrected chi connectivity index (χ1v) is 7.98. The number of hydroxylamine groups is 5. The highest BCUT2D eigenvalue weighted by atomic mass is 16.6. The van der Waals surface area contributed by atoms with Gasteiger partial charge in [-0.05, 0) is 12.1 Å². The fraction of sp³-hybridized carbons (Fsp3) is 0.294. The number of H-pyrrole nitrogens is 1. The van der Waals surface area contributed by atoms with E-state index in [1.54, 1.807) is 25.2 Å². The van der Waals surface area contributed by atoms with Crippen molar-refractivity contribution in [2.45, 2.75) is 0 Å². The van der Waals surface area contributed by atoms with Crippen molar-refractivity contribution in [3.8, 4) is 0 Å². The topological polar surface area (TPSA) is 86.2 Å². The molecular weight excluding hydrogens is 308 g/mol. The van der Waals surface area contributed by atoms with Gasteiger partial charge in [-0.3, -0.25) is 4.79 Å². The second-order valence-corrected chi connectivity index (χ2v) is 6.72. The molecule has 0 radical (unpaired) electrons. The third-order valence-electron chi connectivity index (χ3n) is 4.89. The van der Waals surface area contributed by atoms with Gasteiger partial charge in [0.05, 0.1) is 12.6 Å². The third kappa shape index (κ3) is 2.38. The molecule has 3 aromatic rings. The molecule has 124 valence electrons. The van der Waals surface area contributed by atoms with Crippen LogP contribution in [0.3, 0.4) is 0 Å². The monoisotopic (exact) mass is 328 g/mol. The lowest BCUT2D eigenvalue weighted by Gasteiger charge is -2.37. The Bertz CT molecular complexity index is 986. The predicted octanol–water partition coefficient (Wildman–Crippen LogP) is 1.62. The number of aromatic nitrogens is 2. The molecule has 1 aromatic carbocycles. The Labute approximate surface area is 138 Å². The molecule has 1 fully saturated rings. The van der Waals surface area contributed by atoms with Crippen LogP contribution in [0.15, 0.2) is 41.2 Å². The van der Waals surface area contributed by atoms with Gasteiger partial charge in [-0.1, -0.05) is 18.2 Å². The summed E-state index contributed by atoms with van der Waals surface area (Å²) < 4.78 is -0.401. The van der Waals surface area contributed by atoms with Crippen LogP contribution in [-0.4, -0.2) is 58.3 Å². The van der Waals surface area contributed by atoms with E-state index in [1.165, 1.54) is 0 Å². The summed E-state index contributed by atoms with van der Waals surface area (Å²) in [6, 6.07) is 10.8. The number of fused-ring (bicyclic) bond motifs is 3. The molecule has 2 aromatic heterocycles. The molecule has 1 aliphatic heterocycles. The van der Waals surface area contributed by atoms with E-state index in [4.69, 9.17) is 0 Å². The molecule has 4 rings (SSSR count). The second kappa shape index (κ2) is 5.09. The molecule has 0 aliphatic carbocycles. The zero-order valence-electron chi connectivity index (χ0n) is 13.4. The van der Waals surface area contributed by atoms with Gasteiger partial charge in [0, 0.05) is 16.8 Å². The average Bonchev–Trinajstić information content (AvgIpc) is 2.58. The fourth-order valence-corrected chi connectivity index (χ4v) is 3.28. The predicted molar refractivity (Wildman–Crippen MR) is 90.9 cm³/mol. The summed E-state index contributed by atoms with van der Waals surface area (Å²) in [6.07, 6.45) is 0. The van der Waals surface area contributed by atoms with E-state index in [0.29, 0.717) is 48.4 Å². The van der Waals surface area contributed by atoms with Crippen LogP contribution in [0.4, 0.5) is 5.82 Å². The van der Waals surface area contributed by atoms with Crippen molar-refractivity contribution in [1.29, 1.82) is 0 Å². The summed E-state index contributed by atoms with van der Waals surface area (Å²) in [7, 11) is 1.73. The Morgan fingerprint density at radius 3 is 2.38 bits per heavy atom. The zero-order valence-corrected chi connectivity index (χ0v) is 13.4. The van der Waals surface area contributed by atoms with Crippen molar-refractivity contribution >= 4 is 27.6 Å². The van der Waals surface area contributed by atoms with E-state index in [1.807, 2.05) is 18.2 Å². The Kier molecular flexibility index (Phi) is 3.23. The van der Waals surface area contributed by atoms with Crippen LogP contribution < -0.4 is 10.2 Å². The number of hydrogen-bond donors (Lipinski definition) is 3. The number of hydrogen-bond acceptors (Lipinski definition) is 4. The van der Waals surface area contributed by atoms with Gasteiger partial charge in [0.2, 0.25) is 0 Å². The van der Waals surface area contributed by atoms with Crippen LogP contribution in [0.5, 0.6) is 0 Å². The number of nitrogens with one attached hydrogen (secondary N) is 1. The van der Waals surface area contributed by atoms with Gasteiger partial charge in [0.1, 0.15) is 5.52 Å². The van der Waals surface area contributed by atoms with Crippen LogP contribution >= 0.6 is 0 Å². The van der Waals surface area contributed by atoms with Gasteiger partial charge in [-0.15, -0.1) is 4.65 Å². The first-order valence-electron chi connectivity index (χ1n) is 7.98. The maximum Gasteiger partial charge on any atom is 0.261 e. The smallest absolute Gasteiger partial charge is 0.261 e. The molecule has 0 saturated carbocycles. The van der Waals surface area contributed by atoms with Crippen LogP contribution in [0, 0.1) is 0 Å². The van der Waals surface area contributed by atoms with Crippen molar-refractivity contribution in [3.05, 3.63) is 46.8 Å². The van der Waals surface area contributed by atoms with Gasteiger partial charge in [-0.2, -0.15) is 9.63 Å². The maximum absolute atomic E-state index is 12.1. The van der Waals surface area contributed by atoms with Gasteiger partial charge in [0.25, 0.3) is 11.4 Å². The molecular formula is C17H20N4O3+2. The summed E-state index contributed by atoms with van der Waals surface area (Å²) in [4.78, 5) is 19.6. The van der Waals surface area contributed by atoms with Crippen molar-refractivity contribution < 1.29 is 15.1 Å². The number of likely N-dealkylation sites (N-methyl/N-ethyl adjacent to an activating group) is 1. The van der Waals surface area contributed by atoms with E-state index in [2.05, 4.69) is 9.97 Å². The van der Waals surface area contributed by atoms with E-state index < -0.39 is 0 Å². The molecule has 7 heteroatoms. The molecule has 24 heavy (non-hydrogen) atoms. The number of quaternary nitrogens is 2. The van der Waals surface area contributed by atoms with Crippen molar-refractivity contribution in [1.82, 2.24) is 14.6 Å². The number of rotatable bonds is 1. The Morgan fingerprint density at radius 1 is 1.00 bits per heavy atom. The minimum absolute atomic E-state index is 0.0929. The van der Waals surface area contributed by atoms with Crippen LogP contribution in [0.2, 0.25) is 0 Å². The highest BCUT2D eigenvalue weighted by Crippen LogP contribution is 2.27. The normalized spacial score (nSPS) is 27.6. The van der Waals surface area contributed by atoms with Crippen molar-refractivity contribution in [2.75, 3.05) is 33.2 Å². The molecule has 0 bridgehead atoms. The van der Waals surface area contributed by atoms with Crippen LogP contribution in [0.1, 0.15) is 0 Å². The summed E-state index contributed by atoms with van der Waals surface area (Å²) in [5, 5.41) is 22.3. The van der Waals surface area contributed by atoms with E-state index in [0.717, 1.165) is 5.39 Å². The van der Waals surface area contributed by atoms with E-state index >= 15 is 0 Å². The Balaban J connectivity index is 1.88. The van der Waals surface area contributed by atoms with Gasteiger partial charge >= 0.3 is 0 Å². The van der Waals surface area contributed by atoms with Gasteiger partial charge in [-0.25, -0.2) is 10.4 Å². The largest absolute Gasteiger partial charge is 0.320 e. The lowest BCUT2D eigenvalue weighted by Crippen LogP contribution is -2.64. The van der Waals surface area contributed by atoms with E-state index in [-0.39, 0.29) is 14.9 Å². The summed E-state index contributed by atoms with van der Waals surface area (Å²) in [6.45, 7) is 1.66. The first-order chi connectivity index (χ1) is 11.4. The number of pyridine rings is 2. The standard InChI is InChI=1S/C17H19N4O3/c1-20(23)8-10-21(24,11-9-20)15-7-6-14-16(19-15)12-4-2-3-5-13(12)17(22)18-14/h2-7,23-24H,8-11H2,1H3/q+1/p+1. The third-order valence-corrected chi connectivity index (χ3v) is 4.89. The van der Waals surface area contributed by atoms with Crippen LogP contribution in [0.25, 0.3) is 21.8 Å².